The van der Waals surface area contributed by atoms with Crippen molar-refractivity contribution in [1.29, 1.82) is 5.26 Å². The molecule has 4 heteroatoms. The van der Waals surface area contributed by atoms with Crippen molar-refractivity contribution in [2.45, 2.75) is 6.10 Å². The fourth-order valence-corrected chi connectivity index (χ4v) is 1.43. The van der Waals surface area contributed by atoms with Gasteiger partial charge in [-0.3, -0.25) is 4.79 Å². The number of rotatable bonds is 4. The van der Waals surface area contributed by atoms with Crippen LogP contribution in [0.4, 0.5) is 0 Å². The Morgan fingerprint density at radius 3 is 3.00 bits per heavy atom. The SMILES string of the molecule is C=CC(=O)N(C)CC(O)c1cccc(C#N)c1. The maximum atomic E-state index is 11.2. The van der Waals surface area contributed by atoms with Crippen LogP contribution < -0.4 is 0 Å². The van der Waals surface area contributed by atoms with E-state index in [0.717, 1.165) is 0 Å². The predicted octanol–water partition coefficient (Wildman–Crippen LogP) is 1.24. The summed E-state index contributed by atoms with van der Waals surface area (Å²) in [6.07, 6.45) is 0.385. The highest BCUT2D eigenvalue weighted by Gasteiger charge is 2.13. The summed E-state index contributed by atoms with van der Waals surface area (Å²) in [5.41, 5.74) is 1.10. The maximum absolute atomic E-state index is 11.2. The Morgan fingerprint density at radius 1 is 1.71 bits per heavy atom. The van der Waals surface area contributed by atoms with Crippen LogP contribution in [0.15, 0.2) is 36.9 Å². The molecule has 0 radical (unpaired) electrons. The smallest absolute Gasteiger partial charge is 0.245 e. The van der Waals surface area contributed by atoms with Gasteiger partial charge in [0, 0.05) is 7.05 Å². The zero-order valence-corrected chi connectivity index (χ0v) is 9.63. The molecule has 0 aliphatic rings. The molecule has 4 nitrogen and oxygen atoms in total. The molecule has 17 heavy (non-hydrogen) atoms. The normalized spacial score (nSPS) is 11.4. The molecule has 0 fully saturated rings. The van der Waals surface area contributed by atoms with Gasteiger partial charge in [-0.2, -0.15) is 5.26 Å². The molecule has 0 bridgehead atoms. The first-order valence-electron chi connectivity index (χ1n) is 5.14. The van der Waals surface area contributed by atoms with Gasteiger partial charge in [-0.25, -0.2) is 0 Å². The molecule has 1 unspecified atom stereocenters. The lowest BCUT2D eigenvalue weighted by atomic mass is 10.1. The van der Waals surface area contributed by atoms with Gasteiger partial charge < -0.3 is 10.0 Å². The quantitative estimate of drug-likeness (QED) is 0.791. The third-order valence-electron chi connectivity index (χ3n) is 2.40. The average Bonchev–Trinajstić information content (AvgIpc) is 2.37. The zero-order chi connectivity index (χ0) is 12.8. The summed E-state index contributed by atoms with van der Waals surface area (Å²) in [4.78, 5) is 12.6. The minimum atomic E-state index is -0.808. The Hall–Kier alpha value is -2.12. The van der Waals surface area contributed by atoms with E-state index in [4.69, 9.17) is 5.26 Å². The molecule has 0 aromatic heterocycles. The first kappa shape index (κ1) is 12.9. The van der Waals surface area contributed by atoms with Gasteiger partial charge in [0.1, 0.15) is 0 Å². The number of nitrogens with zero attached hydrogens (tertiary/aromatic N) is 2. The van der Waals surface area contributed by atoms with Crippen molar-refractivity contribution in [3.8, 4) is 6.07 Å². The summed E-state index contributed by atoms with van der Waals surface area (Å²) in [6.45, 7) is 3.54. The van der Waals surface area contributed by atoms with E-state index in [-0.39, 0.29) is 12.5 Å². The fourth-order valence-electron chi connectivity index (χ4n) is 1.43. The molecule has 1 aromatic rings. The van der Waals surface area contributed by atoms with Gasteiger partial charge in [0.25, 0.3) is 0 Å². The van der Waals surface area contributed by atoms with Gasteiger partial charge in [0.2, 0.25) is 5.91 Å². The number of carbonyl (C=O) groups excluding carboxylic acids is 1. The van der Waals surface area contributed by atoms with Crippen LogP contribution in [0, 0.1) is 11.3 Å². The lowest BCUT2D eigenvalue weighted by molar-refractivity contribution is -0.126. The highest BCUT2D eigenvalue weighted by atomic mass is 16.3. The van der Waals surface area contributed by atoms with Crippen molar-refractivity contribution in [3.63, 3.8) is 0 Å². The van der Waals surface area contributed by atoms with E-state index in [0.29, 0.717) is 11.1 Å². The van der Waals surface area contributed by atoms with Gasteiger partial charge >= 0.3 is 0 Å². The van der Waals surface area contributed by atoms with E-state index in [9.17, 15) is 9.90 Å². The van der Waals surface area contributed by atoms with E-state index >= 15 is 0 Å². The second kappa shape index (κ2) is 5.83. The van der Waals surface area contributed by atoms with E-state index < -0.39 is 6.10 Å². The number of aliphatic hydroxyl groups is 1. The number of nitriles is 1. The molecule has 88 valence electrons. The summed E-state index contributed by atoms with van der Waals surface area (Å²) in [7, 11) is 1.58. The molecule has 1 N–H and O–H groups in total. The Morgan fingerprint density at radius 2 is 2.41 bits per heavy atom. The highest BCUT2D eigenvalue weighted by molar-refractivity contribution is 5.86. The number of carbonyl (C=O) groups is 1. The van der Waals surface area contributed by atoms with Crippen molar-refractivity contribution < 1.29 is 9.90 Å². The van der Waals surface area contributed by atoms with E-state index in [1.807, 2.05) is 6.07 Å². The van der Waals surface area contributed by atoms with E-state index in [1.54, 1.807) is 31.3 Å². The fraction of sp³-hybridized carbons (Fsp3) is 0.231. The van der Waals surface area contributed by atoms with Gasteiger partial charge in [0.15, 0.2) is 0 Å². The average molecular weight is 230 g/mol. The van der Waals surface area contributed by atoms with Crippen molar-refractivity contribution >= 4 is 5.91 Å². The molecule has 0 aliphatic carbocycles. The van der Waals surface area contributed by atoms with E-state index in [2.05, 4.69) is 6.58 Å². The number of amides is 1. The minimum Gasteiger partial charge on any atom is -0.387 e. The molecule has 1 amide bonds. The van der Waals surface area contributed by atoms with Crippen molar-refractivity contribution in [1.82, 2.24) is 4.90 Å². The molecule has 0 saturated carbocycles. The topological polar surface area (TPSA) is 64.3 Å². The van der Waals surface area contributed by atoms with Gasteiger partial charge in [-0.15, -0.1) is 0 Å². The highest BCUT2D eigenvalue weighted by Crippen LogP contribution is 2.15. The summed E-state index contributed by atoms with van der Waals surface area (Å²) in [5, 5.41) is 18.7. The standard InChI is InChI=1S/C13H14N2O2/c1-3-13(17)15(2)9-12(16)11-6-4-5-10(7-11)8-14/h3-7,12,16H,1,9H2,2H3. The number of aliphatic hydroxyl groups excluding tert-OH is 1. The van der Waals surface area contributed by atoms with Crippen LogP contribution in [0.2, 0.25) is 0 Å². The van der Waals surface area contributed by atoms with Gasteiger partial charge in [-0.05, 0) is 23.8 Å². The Labute approximate surface area is 100 Å². The molecule has 0 spiro atoms. The Kier molecular flexibility index (Phi) is 4.44. The number of hydrogen-bond donors (Lipinski definition) is 1. The van der Waals surface area contributed by atoms with Crippen LogP contribution in [-0.2, 0) is 4.79 Å². The van der Waals surface area contributed by atoms with Crippen LogP contribution in [-0.4, -0.2) is 29.5 Å². The lowest BCUT2D eigenvalue weighted by Gasteiger charge is -2.19. The molecule has 0 aliphatic heterocycles. The number of benzene rings is 1. The largest absolute Gasteiger partial charge is 0.387 e. The maximum Gasteiger partial charge on any atom is 0.245 e. The number of hydrogen-bond acceptors (Lipinski definition) is 3. The Bertz CT molecular complexity index is 463. The second-order valence-corrected chi connectivity index (χ2v) is 3.68. The Balaban J connectivity index is 2.76. The van der Waals surface area contributed by atoms with Crippen molar-refractivity contribution in [2.75, 3.05) is 13.6 Å². The van der Waals surface area contributed by atoms with Gasteiger partial charge in [-0.1, -0.05) is 18.7 Å². The molecule has 1 atom stereocenters. The monoisotopic (exact) mass is 230 g/mol. The van der Waals surface area contributed by atoms with Crippen molar-refractivity contribution in [2.24, 2.45) is 0 Å². The number of likely N-dealkylation sites (N-methyl/N-ethyl adjacent to an activating group) is 1. The first-order valence-corrected chi connectivity index (χ1v) is 5.14. The van der Waals surface area contributed by atoms with Crippen LogP contribution in [0.3, 0.4) is 0 Å². The molecular formula is C13H14N2O2. The zero-order valence-electron chi connectivity index (χ0n) is 9.63. The van der Waals surface area contributed by atoms with Crippen LogP contribution in [0.5, 0.6) is 0 Å². The third kappa shape index (κ3) is 3.44. The molecule has 0 heterocycles. The van der Waals surface area contributed by atoms with Crippen LogP contribution >= 0.6 is 0 Å². The molecule has 1 rings (SSSR count). The molecule has 1 aromatic carbocycles. The van der Waals surface area contributed by atoms with Gasteiger partial charge in [0.05, 0.1) is 24.3 Å². The van der Waals surface area contributed by atoms with Crippen LogP contribution in [0.25, 0.3) is 0 Å². The summed E-state index contributed by atoms with van der Waals surface area (Å²) in [5.74, 6) is -0.250. The molecule has 0 saturated heterocycles. The minimum absolute atomic E-state index is 0.166. The predicted molar refractivity (Wildman–Crippen MR) is 64.0 cm³/mol. The summed E-state index contributed by atoms with van der Waals surface area (Å²) < 4.78 is 0. The summed E-state index contributed by atoms with van der Waals surface area (Å²) >= 11 is 0. The summed E-state index contributed by atoms with van der Waals surface area (Å²) in [6, 6.07) is 8.69. The first-order chi connectivity index (χ1) is 8.08. The van der Waals surface area contributed by atoms with Crippen molar-refractivity contribution in [3.05, 3.63) is 48.0 Å². The third-order valence-corrected chi connectivity index (χ3v) is 2.40. The molecular weight excluding hydrogens is 216 g/mol. The van der Waals surface area contributed by atoms with E-state index in [1.165, 1.54) is 11.0 Å². The second-order valence-electron chi connectivity index (χ2n) is 3.68. The lowest BCUT2D eigenvalue weighted by Crippen LogP contribution is -2.29. The van der Waals surface area contributed by atoms with Crippen LogP contribution in [0.1, 0.15) is 17.2 Å².